The maximum absolute atomic E-state index is 11.9. The van der Waals surface area contributed by atoms with Crippen molar-refractivity contribution in [1.82, 2.24) is 5.32 Å². The highest BCUT2D eigenvalue weighted by molar-refractivity contribution is 5.05. The van der Waals surface area contributed by atoms with Crippen LogP contribution in [0.1, 0.15) is 40.5 Å². The van der Waals surface area contributed by atoms with E-state index in [1.807, 2.05) is 13.8 Å². The largest absolute Gasteiger partial charge is 0.391 e. The molecule has 0 aliphatic carbocycles. The molecule has 3 nitrogen and oxygen atoms in total. The molecule has 6 heteroatoms. The van der Waals surface area contributed by atoms with Gasteiger partial charge in [0.15, 0.2) is 0 Å². The quantitative estimate of drug-likeness (QED) is 0.770. The van der Waals surface area contributed by atoms with Gasteiger partial charge in [-0.05, 0) is 27.7 Å². The van der Waals surface area contributed by atoms with Crippen LogP contribution in [-0.2, 0) is 4.74 Å². The van der Waals surface area contributed by atoms with Gasteiger partial charge in [-0.15, -0.1) is 0 Å². The molecule has 18 heavy (non-hydrogen) atoms. The number of rotatable bonds is 7. The van der Waals surface area contributed by atoms with Gasteiger partial charge in [-0.2, -0.15) is 18.4 Å². The van der Waals surface area contributed by atoms with E-state index in [9.17, 15) is 13.2 Å². The molecule has 0 radical (unpaired) electrons. The summed E-state index contributed by atoms with van der Waals surface area (Å²) >= 11 is 0. The zero-order chi connectivity index (χ0) is 14.4. The normalized spacial score (nSPS) is 17.3. The van der Waals surface area contributed by atoms with Crippen LogP contribution in [-0.4, -0.2) is 30.5 Å². The third kappa shape index (κ3) is 8.31. The molecule has 2 unspecified atom stereocenters. The highest BCUT2D eigenvalue weighted by Crippen LogP contribution is 2.20. The summed E-state index contributed by atoms with van der Waals surface area (Å²) < 4.78 is 40.9. The van der Waals surface area contributed by atoms with Gasteiger partial charge in [-0.3, -0.25) is 5.32 Å². The van der Waals surface area contributed by atoms with Crippen molar-refractivity contribution < 1.29 is 17.9 Å². The molecule has 0 aromatic carbocycles. The Morgan fingerprint density at radius 3 is 2.22 bits per heavy atom. The summed E-state index contributed by atoms with van der Waals surface area (Å²) in [4.78, 5) is 0. The van der Waals surface area contributed by atoms with Gasteiger partial charge in [-0.1, -0.05) is 0 Å². The Hall–Kier alpha value is -0.800. The number of alkyl halides is 3. The molecular formula is C12H21F3N2O. The average Bonchev–Trinajstić information content (AvgIpc) is 2.13. The Morgan fingerprint density at radius 2 is 1.83 bits per heavy atom. The third-order valence-corrected chi connectivity index (χ3v) is 2.34. The van der Waals surface area contributed by atoms with Crippen LogP contribution >= 0.6 is 0 Å². The fourth-order valence-electron chi connectivity index (χ4n) is 1.78. The first kappa shape index (κ1) is 17.2. The Balaban J connectivity index is 4.13. The highest BCUT2D eigenvalue weighted by atomic mass is 19.4. The SMILES string of the molecule is CC(C)NC(C)(C#N)CC(C)OCCC(F)(F)F. The van der Waals surface area contributed by atoms with Crippen LogP contribution in [0.5, 0.6) is 0 Å². The van der Waals surface area contributed by atoms with Crippen molar-refractivity contribution in [2.45, 2.75) is 64.4 Å². The van der Waals surface area contributed by atoms with Crippen LogP contribution in [0.25, 0.3) is 0 Å². The third-order valence-electron chi connectivity index (χ3n) is 2.34. The highest BCUT2D eigenvalue weighted by Gasteiger charge is 2.29. The zero-order valence-electron chi connectivity index (χ0n) is 11.3. The van der Waals surface area contributed by atoms with Crippen LogP contribution in [0, 0.1) is 11.3 Å². The molecule has 0 saturated carbocycles. The van der Waals surface area contributed by atoms with Gasteiger partial charge < -0.3 is 4.74 Å². The Labute approximate surface area is 106 Å². The van der Waals surface area contributed by atoms with E-state index in [1.165, 1.54) is 0 Å². The van der Waals surface area contributed by atoms with Crippen LogP contribution in [0.2, 0.25) is 0 Å². The first-order chi connectivity index (χ1) is 8.08. The van der Waals surface area contributed by atoms with Crippen LogP contribution in [0.15, 0.2) is 0 Å². The standard InChI is InChI=1S/C12H21F3N2O/c1-9(2)17-11(4,8-16)7-10(3)18-6-5-12(13,14)15/h9-10,17H,5-7H2,1-4H3. The summed E-state index contributed by atoms with van der Waals surface area (Å²) in [6.07, 6.45) is -5.21. The second kappa shape index (κ2) is 6.95. The molecule has 0 fully saturated rings. The van der Waals surface area contributed by atoms with E-state index in [4.69, 9.17) is 10.00 Å². The lowest BCUT2D eigenvalue weighted by atomic mass is 9.95. The van der Waals surface area contributed by atoms with Crippen molar-refractivity contribution in [3.05, 3.63) is 0 Å². The lowest BCUT2D eigenvalue weighted by Gasteiger charge is -2.28. The van der Waals surface area contributed by atoms with Crippen molar-refractivity contribution in [3.63, 3.8) is 0 Å². The van der Waals surface area contributed by atoms with E-state index < -0.39 is 24.2 Å². The summed E-state index contributed by atoms with van der Waals surface area (Å²) in [5, 5.41) is 12.2. The molecule has 0 bridgehead atoms. The number of nitrogens with zero attached hydrogens (tertiary/aromatic N) is 1. The van der Waals surface area contributed by atoms with Crippen molar-refractivity contribution >= 4 is 0 Å². The minimum Gasteiger partial charge on any atom is -0.378 e. The second-order valence-electron chi connectivity index (χ2n) is 4.99. The van der Waals surface area contributed by atoms with Crippen LogP contribution < -0.4 is 5.32 Å². The Morgan fingerprint density at radius 1 is 1.28 bits per heavy atom. The number of hydrogen-bond donors (Lipinski definition) is 1. The molecule has 0 aromatic heterocycles. The topological polar surface area (TPSA) is 45.0 Å². The Bertz CT molecular complexity index is 286. The fourth-order valence-corrected chi connectivity index (χ4v) is 1.78. The summed E-state index contributed by atoms with van der Waals surface area (Å²) in [6, 6.07) is 2.26. The number of nitriles is 1. The molecule has 0 spiro atoms. The van der Waals surface area contributed by atoms with Crippen LogP contribution in [0.4, 0.5) is 13.2 Å². The van der Waals surface area contributed by atoms with Crippen molar-refractivity contribution in [1.29, 1.82) is 5.26 Å². The first-order valence-electron chi connectivity index (χ1n) is 5.95. The predicted octanol–water partition coefficient (Wildman–Crippen LogP) is 3.01. The van der Waals surface area contributed by atoms with Gasteiger partial charge in [0, 0.05) is 12.5 Å². The monoisotopic (exact) mass is 266 g/mol. The molecule has 2 atom stereocenters. The predicted molar refractivity (Wildman–Crippen MR) is 63.0 cm³/mol. The zero-order valence-corrected chi connectivity index (χ0v) is 11.3. The molecule has 0 heterocycles. The van der Waals surface area contributed by atoms with Crippen molar-refractivity contribution in [3.8, 4) is 6.07 Å². The van der Waals surface area contributed by atoms with E-state index in [-0.39, 0.29) is 12.6 Å². The molecule has 0 saturated heterocycles. The second-order valence-corrected chi connectivity index (χ2v) is 4.99. The molecule has 0 aliphatic rings. The van der Waals surface area contributed by atoms with E-state index in [1.54, 1.807) is 13.8 Å². The Kier molecular flexibility index (Phi) is 6.64. The number of ether oxygens (including phenoxy) is 1. The molecule has 0 aromatic rings. The summed E-state index contributed by atoms with van der Waals surface area (Å²) in [6.45, 7) is 6.84. The summed E-state index contributed by atoms with van der Waals surface area (Å²) in [5.74, 6) is 0. The van der Waals surface area contributed by atoms with Gasteiger partial charge in [0.05, 0.1) is 25.2 Å². The van der Waals surface area contributed by atoms with Crippen molar-refractivity contribution in [2.24, 2.45) is 0 Å². The number of nitrogens with one attached hydrogen (secondary N) is 1. The van der Waals surface area contributed by atoms with Gasteiger partial charge in [0.2, 0.25) is 0 Å². The molecule has 0 aliphatic heterocycles. The van der Waals surface area contributed by atoms with E-state index in [0.717, 1.165) is 0 Å². The molecule has 106 valence electrons. The van der Waals surface area contributed by atoms with E-state index in [0.29, 0.717) is 6.42 Å². The van der Waals surface area contributed by atoms with E-state index in [2.05, 4.69) is 11.4 Å². The fraction of sp³-hybridized carbons (Fsp3) is 0.917. The average molecular weight is 266 g/mol. The van der Waals surface area contributed by atoms with E-state index >= 15 is 0 Å². The number of hydrogen-bond acceptors (Lipinski definition) is 3. The van der Waals surface area contributed by atoms with Gasteiger partial charge in [0.1, 0.15) is 5.54 Å². The molecule has 0 rings (SSSR count). The smallest absolute Gasteiger partial charge is 0.378 e. The minimum atomic E-state index is -4.20. The van der Waals surface area contributed by atoms with Gasteiger partial charge in [-0.25, -0.2) is 0 Å². The molecule has 1 N–H and O–H groups in total. The molecule has 0 amide bonds. The summed E-state index contributed by atoms with van der Waals surface area (Å²) in [7, 11) is 0. The van der Waals surface area contributed by atoms with Crippen molar-refractivity contribution in [2.75, 3.05) is 6.61 Å². The molecular weight excluding hydrogens is 245 g/mol. The lowest BCUT2D eigenvalue weighted by Crippen LogP contribution is -2.47. The summed E-state index contributed by atoms with van der Waals surface area (Å²) in [5.41, 5.74) is -0.786. The number of halogens is 3. The minimum absolute atomic E-state index is 0.122. The van der Waals surface area contributed by atoms with Gasteiger partial charge in [0.25, 0.3) is 0 Å². The first-order valence-corrected chi connectivity index (χ1v) is 5.95. The lowest BCUT2D eigenvalue weighted by molar-refractivity contribution is -0.148. The maximum Gasteiger partial charge on any atom is 0.391 e. The van der Waals surface area contributed by atoms with Crippen LogP contribution in [0.3, 0.4) is 0 Å². The van der Waals surface area contributed by atoms with Gasteiger partial charge >= 0.3 is 6.18 Å². The maximum atomic E-state index is 11.9.